The van der Waals surface area contributed by atoms with E-state index in [1.165, 1.54) is 13.4 Å². The monoisotopic (exact) mass is 508 g/mol. The van der Waals surface area contributed by atoms with Crippen LogP contribution in [-0.2, 0) is 16.2 Å². The summed E-state index contributed by atoms with van der Waals surface area (Å²) >= 11 is 0. The molecular formula is C28H25N2NaO6. The van der Waals surface area contributed by atoms with Crippen LogP contribution < -0.4 is 44.1 Å². The number of benzene rings is 3. The minimum Gasteiger partial charge on any atom is -0.550 e. The molecule has 4 aromatic rings. The van der Waals surface area contributed by atoms with Crippen LogP contribution in [0.2, 0.25) is 0 Å². The largest absolute Gasteiger partial charge is 1.00 e. The van der Waals surface area contributed by atoms with Crippen LogP contribution in [-0.4, -0.2) is 30.6 Å². The fraction of sp³-hybridized carbons (Fsp3) is 0.179. The van der Waals surface area contributed by atoms with Gasteiger partial charge in [0.2, 0.25) is 0 Å². The van der Waals surface area contributed by atoms with Gasteiger partial charge in [-0.25, -0.2) is 0 Å². The molecule has 1 atom stereocenters. The number of ether oxygens (including phenoxy) is 2. The van der Waals surface area contributed by atoms with Crippen molar-refractivity contribution in [1.29, 1.82) is 0 Å². The molecule has 0 spiro atoms. The summed E-state index contributed by atoms with van der Waals surface area (Å²) in [6.07, 6.45) is 1.23. The molecule has 9 heteroatoms. The van der Waals surface area contributed by atoms with Gasteiger partial charge in [-0.1, -0.05) is 64.9 Å². The van der Waals surface area contributed by atoms with Gasteiger partial charge in [-0.2, -0.15) is 0 Å². The van der Waals surface area contributed by atoms with E-state index < -0.39 is 11.9 Å². The number of carbonyl (C=O) groups is 1. The van der Waals surface area contributed by atoms with Crippen LogP contribution >= 0.6 is 0 Å². The van der Waals surface area contributed by atoms with Crippen molar-refractivity contribution in [2.24, 2.45) is 5.16 Å². The molecule has 0 N–H and O–H groups in total. The van der Waals surface area contributed by atoms with E-state index in [-0.39, 0.29) is 42.6 Å². The maximum absolute atomic E-state index is 11.2. The number of hydrogen-bond donors (Lipinski definition) is 0. The Kier molecular flexibility index (Phi) is 10.8. The van der Waals surface area contributed by atoms with Crippen LogP contribution in [0.5, 0.6) is 11.5 Å². The van der Waals surface area contributed by atoms with Gasteiger partial charge in [-0.15, -0.1) is 0 Å². The number of carboxylic acid groups (broad SMARTS) is 1. The molecule has 0 bridgehead atoms. The molecule has 0 saturated carbocycles. The number of rotatable bonds is 12. The van der Waals surface area contributed by atoms with Gasteiger partial charge < -0.3 is 28.7 Å². The molecule has 0 saturated heterocycles. The third kappa shape index (κ3) is 8.21. The molecule has 8 nitrogen and oxygen atoms in total. The molecule has 1 aromatic heterocycles. The van der Waals surface area contributed by atoms with Crippen molar-refractivity contribution in [3.05, 3.63) is 114 Å². The van der Waals surface area contributed by atoms with Crippen molar-refractivity contribution in [2.45, 2.75) is 18.9 Å². The first-order chi connectivity index (χ1) is 17.6. The Morgan fingerprint density at radius 2 is 1.62 bits per heavy atom. The van der Waals surface area contributed by atoms with E-state index in [1.54, 1.807) is 18.2 Å². The summed E-state index contributed by atoms with van der Waals surface area (Å²) in [5.74, 6) is -0.242. The molecule has 4 rings (SSSR count). The number of carbonyl (C=O) groups excluding carboxylic acids is 1. The Balaban J connectivity index is 0.00000380. The first kappa shape index (κ1) is 28.0. The molecule has 3 aromatic carbocycles. The first-order valence-electron chi connectivity index (χ1n) is 11.3. The average Bonchev–Trinajstić information content (AvgIpc) is 3.45. The Bertz CT molecular complexity index is 1260. The summed E-state index contributed by atoms with van der Waals surface area (Å²) in [4.78, 5) is 16.1. The predicted octanol–water partition coefficient (Wildman–Crippen LogP) is 0.959. The second-order valence-corrected chi connectivity index (χ2v) is 7.93. The van der Waals surface area contributed by atoms with Crippen molar-refractivity contribution in [3.63, 3.8) is 0 Å². The van der Waals surface area contributed by atoms with Crippen molar-refractivity contribution in [1.82, 2.24) is 5.16 Å². The van der Waals surface area contributed by atoms with Gasteiger partial charge in [-0.3, -0.25) is 0 Å². The molecule has 0 aliphatic rings. The summed E-state index contributed by atoms with van der Waals surface area (Å²) in [5.41, 5.74) is 3.92. The maximum Gasteiger partial charge on any atom is 1.00 e. The van der Waals surface area contributed by atoms with Gasteiger partial charge >= 0.3 is 29.6 Å². The van der Waals surface area contributed by atoms with Gasteiger partial charge in [0.05, 0.1) is 5.69 Å². The third-order valence-electron chi connectivity index (χ3n) is 5.48. The summed E-state index contributed by atoms with van der Waals surface area (Å²) in [5, 5.41) is 19.1. The van der Waals surface area contributed by atoms with E-state index in [9.17, 15) is 9.90 Å². The third-order valence-corrected chi connectivity index (χ3v) is 5.48. The maximum atomic E-state index is 11.2. The standard InChI is InChI=1S/C28H26N2O6.Na/c1-33-29-27(22-5-3-2-4-6-22)19-35-23-11-7-20(8-12-23)18-34-24-13-9-21(10-14-24)25(17-28(31)32)26-15-16-36-30-26;/h2-16,25H,17-19H2,1H3,(H,31,32);/q;+1/p-1/b29-27-;. The number of aliphatic carboxylic acids is 1. The normalized spacial score (nSPS) is 11.8. The van der Waals surface area contributed by atoms with Crippen molar-refractivity contribution >= 4 is 11.7 Å². The predicted molar refractivity (Wildman–Crippen MR) is 131 cm³/mol. The molecule has 0 fully saturated rings. The molecule has 0 amide bonds. The molecular weight excluding hydrogens is 483 g/mol. The zero-order chi connectivity index (χ0) is 25.2. The van der Waals surface area contributed by atoms with Crippen molar-refractivity contribution in [3.8, 4) is 11.5 Å². The molecule has 37 heavy (non-hydrogen) atoms. The Morgan fingerprint density at radius 3 is 2.24 bits per heavy atom. The minimum atomic E-state index is -1.15. The van der Waals surface area contributed by atoms with Gasteiger partial charge in [0.25, 0.3) is 0 Å². The quantitative estimate of drug-likeness (QED) is 0.159. The molecule has 0 radical (unpaired) electrons. The zero-order valence-corrected chi connectivity index (χ0v) is 22.7. The smallest absolute Gasteiger partial charge is 0.550 e. The van der Waals surface area contributed by atoms with Gasteiger partial charge in [0.15, 0.2) is 0 Å². The molecule has 0 aliphatic carbocycles. The second-order valence-electron chi connectivity index (χ2n) is 7.93. The molecule has 1 unspecified atom stereocenters. The summed E-state index contributed by atoms with van der Waals surface area (Å²) in [6, 6.07) is 26.2. The molecule has 1 heterocycles. The zero-order valence-electron chi connectivity index (χ0n) is 20.7. The summed E-state index contributed by atoms with van der Waals surface area (Å²) in [6.45, 7) is 0.638. The van der Waals surface area contributed by atoms with Gasteiger partial charge in [0, 0.05) is 23.5 Å². The van der Waals surface area contributed by atoms with Crippen LogP contribution in [0.15, 0.2) is 101 Å². The molecule has 0 aliphatic heterocycles. The van der Waals surface area contributed by atoms with E-state index in [2.05, 4.69) is 10.3 Å². The fourth-order valence-corrected chi connectivity index (χ4v) is 3.66. The number of carboxylic acids is 1. The first-order valence-corrected chi connectivity index (χ1v) is 11.3. The number of oxime groups is 1. The Hall–Kier alpha value is -3.59. The number of hydrogen-bond acceptors (Lipinski definition) is 8. The van der Waals surface area contributed by atoms with Crippen LogP contribution in [0.1, 0.15) is 34.7 Å². The van der Waals surface area contributed by atoms with Crippen LogP contribution in [0.4, 0.5) is 0 Å². The Labute approximate surface area is 237 Å². The van der Waals surface area contributed by atoms with Crippen LogP contribution in [0.25, 0.3) is 0 Å². The molecule has 184 valence electrons. The minimum absolute atomic E-state index is 0. The summed E-state index contributed by atoms with van der Waals surface area (Å²) < 4.78 is 16.6. The van der Waals surface area contributed by atoms with Crippen LogP contribution in [0, 0.1) is 0 Å². The van der Waals surface area contributed by atoms with Gasteiger partial charge in [-0.05, 0) is 41.8 Å². The average molecular weight is 509 g/mol. The number of aromatic nitrogens is 1. The Morgan fingerprint density at radius 1 is 0.946 bits per heavy atom. The summed E-state index contributed by atoms with van der Waals surface area (Å²) in [7, 11) is 1.51. The topological polar surface area (TPSA) is 106 Å². The van der Waals surface area contributed by atoms with E-state index in [0.717, 1.165) is 16.7 Å². The SMILES string of the molecule is CO/N=C(/COc1ccc(COc2ccc(C(CC(=O)[O-])c3ccon3)cc2)cc1)c1ccccc1.[Na+]. The van der Waals surface area contributed by atoms with E-state index in [4.69, 9.17) is 18.8 Å². The number of nitrogens with zero attached hydrogens (tertiary/aromatic N) is 2. The van der Waals surface area contributed by atoms with Gasteiger partial charge in [0.1, 0.15) is 43.8 Å². The second kappa shape index (κ2) is 14.2. The van der Waals surface area contributed by atoms with Crippen molar-refractivity contribution < 1.29 is 58.3 Å². The van der Waals surface area contributed by atoms with E-state index in [1.807, 2.05) is 66.7 Å². The van der Waals surface area contributed by atoms with E-state index in [0.29, 0.717) is 29.5 Å². The van der Waals surface area contributed by atoms with Crippen molar-refractivity contribution in [2.75, 3.05) is 13.7 Å². The fourth-order valence-electron chi connectivity index (χ4n) is 3.66. The van der Waals surface area contributed by atoms with Crippen LogP contribution in [0.3, 0.4) is 0 Å². The van der Waals surface area contributed by atoms with E-state index >= 15 is 0 Å².